The maximum Gasteiger partial charge on any atom is 0.282 e. The zero-order valence-electron chi connectivity index (χ0n) is 12.8. The molecule has 1 amide bonds. The topological polar surface area (TPSA) is 57.3 Å². The largest absolute Gasteiger partial charge is 0.321 e. The molecule has 0 radical (unpaired) electrons. The summed E-state index contributed by atoms with van der Waals surface area (Å²) in [5.74, 6) is -0.0592. The van der Waals surface area contributed by atoms with Gasteiger partial charge in [-0.15, -0.1) is 11.3 Å². The van der Waals surface area contributed by atoms with Crippen LogP contribution in [0.5, 0.6) is 0 Å². The van der Waals surface area contributed by atoms with Crippen LogP contribution < -0.4 is 10.2 Å². The molecule has 1 aromatic heterocycles. The fraction of sp³-hybridized carbons (Fsp3) is 0.294. The number of nitrogens with one attached hydrogen (secondary N) is 2. The maximum atomic E-state index is 12.5. The van der Waals surface area contributed by atoms with Gasteiger partial charge in [0.2, 0.25) is 0 Å². The van der Waals surface area contributed by atoms with Crippen LogP contribution in [-0.4, -0.2) is 18.5 Å². The maximum absolute atomic E-state index is 12.5. The lowest BCUT2D eigenvalue weighted by Crippen LogP contribution is -3.15. The van der Waals surface area contributed by atoms with Gasteiger partial charge in [-0.05, 0) is 37.4 Å². The fourth-order valence-corrected chi connectivity index (χ4v) is 3.10. The summed E-state index contributed by atoms with van der Waals surface area (Å²) in [4.78, 5) is 14.9. The Balaban J connectivity index is 2.05. The highest BCUT2D eigenvalue weighted by molar-refractivity contribution is 7.09. The summed E-state index contributed by atoms with van der Waals surface area (Å²) in [7, 11) is 0. The number of quaternary nitrogens is 1. The van der Waals surface area contributed by atoms with Crippen molar-refractivity contribution in [3.63, 3.8) is 0 Å². The average molecular weight is 314 g/mol. The molecule has 4 nitrogen and oxygen atoms in total. The first-order chi connectivity index (χ1) is 10.7. The lowest BCUT2D eigenvalue weighted by Gasteiger charge is -2.23. The highest BCUT2D eigenvalue weighted by Gasteiger charge is 2.24. The van der Waals surface area contributed by atoms with Crippen LogP contribution in [0, 0.1) is 11.3 Å². The molecule has 2 atom stereocenters. The van der Waals surface area contributed by atoms with E-state index in [0.717, 1.165) is 13.1 Å². The highest BCUT2D eigenvalue weighted by atomic mass is 32.1. The van der Waals surface area contributed by atoms with Crippen molar-refractivity contribution in [1.82, 2.24) is 0 Å². The Hall–Kier alpha value is -2.16. The normalized spacial score (nSPS) is 13.1. The fourth-order valence-electron chi connectivity index (χ4n) is 2.34. The first-order valence-electron chi connectivity index (χ1n) is 7.32. The second kappa shape index (κ2) is 7.74. The Bertz CT molecular complexity index is 661. The Morgan fingerprint density at radius 2 is 2.14 bits per heavy atom. The number of para-hydroxylation sites is 1. The summed E-state index contributed by atoms with van der Waals surface area (Å²) in [5.41, 5.74) is 1.06. The number of nitrogens with zero attached hydrogens (tertiary/aromatic N) is 1. The van der Waals surface area contributed by atoms with E-state index in [1.54, 1.807) is 29.5 Å². The molecule has 2 aromatic rings. The molecule has 0 aliphatic carbocycles. The molecule has 1 heterocycles. The van der Waals surface area contributed by atoms with E-state index < -0.39 is 0 Å². The van der Waals surface area contributed by atoms with Crippen LogP contribution in [0.3, 0.4) is 0 Å². The van der Waals surface area contributed by atoms with E-state index in [1.165, 1.54) is 9.78 Å². The molecular weight excluding hydrogens is 294 g/mol. The van der Waals surface area contributed by atoms with E-state index >= 15 is 0 Å². The van der Waals surface area contributed by atoms with Gasteiger partial charge in [-0.25, -0.2) is 0 Å². The molecule has 0 aliphatic rings. The van der Waals surface area contributed by atoms with Crippen LogP contribution in [0.4, 0.5) is 5.69 Å². The molecule has 0 spiro atoms. The number of likely N-dealkylation sites (N-methyl/N-ethyl adjacent to an activating group) is 1. The summed E-state index contributed by atoms with van der Waals surface area (Å²) < 4.78 is 0. The minimum atomic E-state index is -0.182. The van der Waals surface area contributed by atoms with Crippen molar-refractivity contribution in [2.75, 3.05) is 11.9 Å². The number of carbonyl (C=O) groups excluding carboxylic acids is 1. The summed E-state index contributed by atoms with van der Waals surface area (Å²) in [6.45, 7) is 5.71. The van der Waals surface area contributed by atoms with Gasteiger partial charge in [0.05, 0.1) is 22.7 Å². The van der Waals surface area contributed by atoms with E-state index in [0.29, 0.717) is 11.3 Å². The molecule has 0 bridgehead atoms. The number of hydrogen-bond donors (Lipinski definition) is 2. The van der Waals surface area contributed by atoms with Gasteiger partial charge in [0.15, 0.2) is 6.04 Å². The summed E-state index contributed by atoms with van der Waals surface area (Å²) in [6, 6.07) is 13.1. The van der Waals surface area contributed by atoms with Crippen LogP contribution >= 0.6 is 11.3 Å². The Kier molecular flexibility index (Phi) is 5.70. The van der Waals surface area contributed by atoms with Crippen molar-refractivity contribution >= 4 is 22.9 Å². The second-order valence-electron chi connectivity index (χ2n) is 5.14. The molecule has 5 heteroatoms. The summed E-state index contributed by atoms with van der Waals surface area (Å²) >= 11 is 1.71. The number of hydrogen-bond acceptors (Lipinski definition) is 3. The smallest absolute Gasteiger partial charge is 0.282 e. The number of amides is 1. The monoisotopic (exact) mass is 314 g/mol. The molecule has 0 aliphatic heterocycles. The van der Waals surface area contributed by atoms with Gasteiger partial charge in [-0.1, -0.05) is 18.2 Å². The van der Waals surface area contributed by atoms with Crippen LogP contribution in [0.1, 0.15) is 24.3 Å². The Labute approximate surface area is 135 Å². The standard InChI is InChI=1S/C17H19N3OS/c1-3-20(12-15-8-6-10-22-15)13(2)17(21)19-16-9-5-4-7-14(16)11-18/h4-10,13H,3,12H2,1-2H3,(H,19,21)/p+1/t13-/m1/s1. The zero-order valence-corrected chi connectivity index (χ0v) is 13.6. The van der Waals surface area contributed by atoms with Gasteiger partial charge in [-0.3, -0.25) is 4.79 Å². The minimum Gasteiger partial charge on any atom is -0.321 e. The van der Waals surface area contributed by atoms with Crippen molar-refractivity contribution in [2.24, 2.45) is 0 Å². The molecule has 22 heavy (non-hydrogen) atoms. The van der Waals surface area contributed by atoms with E-state index in [9.17, 15) is 4.79 Å². The molecule has 1 unspecified atom stereocenters. The molecule has 0 saturated heterocycles. The first kappa shape index (κ1) is 16.2. The third kappa shape index (κ3) is 3.94. The third-order valence-electron chi connectivity index (χ3n) is 3.75. The van der Waals surface area contributed by atoms with E-state index in [1.807, 2.05) is 19.1 Å². The van der Waals surface area contributed by atoms with E-state index in [2.05, 4.69) is 29.8 Å². The van der Waals surface area contributed by atoms with Gasteiger partial charge in [0, 0.05) is 0 Å². The molecule has 0 fully saturated rings. The summed E-state index contributed by atoms with van der Waals surface area (Å²) in [5, 5.41) is 14.0. The predicted molar refractivity (Wildman–Crippen MR) is 88.8 cm³/mol. The molecule has 2 rings (SSSR count). The SMILES string of the molecule is CC[NH+](Cc1cccs1)[C@H](C)C(=O)Nc1ccccc1C#N. The highest BCUT2D eigenvalue weighted by Crippen LogP contribution is 2.13. The number of nitriles is 1. The van der Waals surface area contributed by atoms with E-state index in [4.69, 9.17) is 5.26 Å². The third-order valence-corrected chi connectivity index (χ3v) is 4.62. The molecule has 0 saturated carbocycles. The lowest BCUT2D eigenvalue weighted by molar-refractivity contribution is -0.925. The van der Waals surface area contributed by atoms with Crippen molar-refractivity contribution in [3.05, 3.63) is 52.2 Å². The van der Waals surface area contributed by atoms with Crippen molar-refractivity contribution < 1.29 is 9.69 Å². The van der Waals surface area contributed by atoms with E-state index in [-0.39, 0.29) is 11.9 Å². The van der Waals surface area contributed by atoms with Crippen LogP contribution in [-0.2, 0) is 11.3 Å². The summed E-state index contributed by atoms with van der Waals surface area (Å²) in [6.07, 6.45) is 0. The number of anilines is 1. The molecule has 114 valence electrons. The van der Waals surface area contributed by atoms with Gasteiger partial charge in [0.1, 0.15) is 12.6 Å². The van der Waals surface area contributed by atoms with Crippen molar-refractivity contribution in [3.8, 4) is 6.07 Å². The lowest BCUT2D eigenvalue weighted by atomic mass is 10.1. The molecule has 1 aromatic carbocycles. The van der Waals surface area contributed by atoms with Gasteiger partial charge in [-0.2, -0.15) is 5.26 Å². The zero-order chi connectivity index (χ0) is 15.9. The molecule has 2 N–H and O–H groups in total. The number of benzene rings is 1. The number of rotatable bonds is 6. The van der Waals surface area contributed by atoms with Crippen molar-refractivity contribution in [2.45, 2.75) is 26.4 Å². The number of thiophene rings is 1. The first-order valence-corrected chi connectivity index (χ1v) is 8.20. The second-order valence-corrected chi connectivity index (χ2v) is 6.17. The average Bonchev–Trinajstić information content (AvgIpc) is 3.05. The quantitative estimate of drug-likeness (QED) is 0.857. The Morgan fingerprint density at radius 1 is 1.36 bits per heavy atom. The van der Waals surface area contributed by atoms with Crippen molar-refractivity contribution in [1.29, 1.82) is 5.26 Å². The van der Waals surface area contributed by atoms with Crippen LogP contribution in [0.25, 0.3) is 0 Å². The van der Waals surface area contributed by atoms with Gasteiger partial charge >= 0.3 is 0 Å². The van der Waals surface area contributed by atoms with Crippen LogP contribution in [0.2, 0.25) is 0 Å². The minimum absolute atomic E-state index is 0.0592. The van der Waals surface area contributed by atoms with Crippen LogP contribution in [0.15, 0.2) is 41.8 Å². The Morgan fingerprint density at radius 3 is 2.77 bits per heavy atom. The molecular formula is C17H20N3OS+. The van der Waals surface area contributed by atoms with Gasteiger partial charge in [0.25, 0.3) is 5.91 Å². The van der Waals surface area contributed by atoms with Gasteiger partial charge < -0.3 is 10.2 Å². The predicted octanol–water partition coefficient (Wildman–Crippen LogP) is 2.05. The number of carbonyl (C=O) groups is 1.